The van der Waals surface area contributed by atoms with E-state index < -0.39 is 0 Å². The highest BCUT2D eigenvalue weighted by atomic mass is 35.5. The molecule has 0 radical (unpaired) electrons. The molecule has 1 atom stereocenters. The molecular weight excluding hydrogens is 336 g/mol. The molecule has 0 aliphatic carbocycles. The Kier molecular flexibility index (Phi) is 6.21. The molecular formula is C19H27ClN4O. The van der Waals surface area contributed by atoms with Crippen LogP contribution in [0, 0.1) is 5.92 Å². The minimum absolute atomic E-state index is 0.601. The molecule has 136 valence electrons. The highest BCUT2D eigenvalue weighted by Gasteiger charge is 2.19. The smallest absolute Gasteiger partial charge is 0.193 e. The maximum Gasteiger partial charge on any atom is 0.193 e. The number of aromatic nitrogens is 1. The number of hydrogen-bond donors (Lipinski definition) is 2. The molecule has 3 rings (SSSR count). The molecule has 1 fully saturated rings. The quantitative estimate of drug-likeness (QED) is 0.612. The molecule has 2 N–H and O–H groups in total. The Bertz CT molecular complexity index is 721. The second kappa shape index (κ2) is 8.59. The van der Waals surface area contributed by atoms with Gasteiger partial charge in [-0.3, -0.25) is 4.99 Å². The van der Waals surface area contributed by atoms with Crippen LogP contribution in [0.25, 0.3) is 10.9 Å². The molecule has 1 aromatic heterocycles. The normalized spacial score (nSPS) is 18.0. The third-order valence-electron chi connectivity index (χ3n) is 4.62. The summed E-state index contributed by atoms with van der Waals surface area (Å²) in [5, 5.41) is 5.34. The largest absolute Gasteiger partial charge is 0.381 e. The summed E-state index contributed by atoms with van der Waals surface area (Å²) in [7, 11) is 2.10. The Morgan fingerprint density at radius 3 is 3.12 bits per heavy atom. The highest BCUT2D eigenvalue weighted by Crippen LogP contribution is 2.22. The van der Waals surface area contributed by atoms with Crippen molar-refractivity contribution < 1.29 is 4.74 Å². The number of aliphatic imine (C=N–C) groups is 1. The van der Waals surface area contributed by atoms with Crippen LogP contribution in [0.15, 0.2) is 29.4 Å². The van der Waals surface area contributed by atoms with Gasteiger partial charge in [0.1, 0.15) is 0 Å². The molecule has 1 unspecified atom stereocenters. The molecule has 6 heteroatoms. The van der Waals surface area contributed by atoms with Crippen LogP contribution in [0.4, 0.5) is 0 Å². The van der Waals surface area contributed by atoms with Gasteiger partial charge in [0.05, 0.1) is 6.61 Å². The highest BCUT2D eigenvalue weighted by molar-refractivity contribution is 6.31. The number of ether oxygens (including phenoxy) is 1. The van der Waals surface area contributed by atoms with Crippen LogP contribution in [-0.2, 0) is 11.2 Å². The summed E-state index contributed by atoms with van der Waals surface area (Å²) in [6.07, 6.45) is 4.08. The van der Waals surface area contributed by atoms with Crippen LogP contribution in [0.1, 0.15) is 18.9 Å². The number of nitrogens with zero attached hydrogens (tertiary/aromatic N) is 2. The number of hydrogen-bond acceptors (Lipinski definition) is 2. The summed E-state index contributed by atoms with van der Waals surface area (Å²) < 4.78 is 5.48. The Morgan fingerprint density at radius 1 is 1.48 bits per heavy atom. The Morgan fingerprint density at radius 2 is 2.36 bits per heavy atom. The van der Waals surface area contributed by atoms with Crippen LogP contribution in [0.2, 0.25) is 5.02 Å². The van der Waals surface area contributed by atoms with Gasteiger partial charge in [0.25, 0.3) is 0 Å². The van der Waals surface area contributed by atoms with Crippen molar-refractivity contribution in [2.45, 2.75) is 19.8 Å². The molecule has 1 saturated heterocycles. The number of aromatic amines is 1. The average molecular weight is 363 g/mol. The van der Waals surface area contributed by atoms with E-state index in [1.165, 1.54) is 10.9 Å². The van der Waals surface area contributed by atoms with E-state index in [1.54, 1.807) is 0 Å². The molecule has 25 heavy (non-hydrogen) atoms. The summed E-state index contributed by atoms with van der Waals surface area (Å²) >= 11 is 6.13. The van der Waals surface area contributed by atoms with Crippen LogP contribution in [-0.4, -0.2) is 55.7 Å². The first-order chi connectivity index (χ1) is 12.2. The van der Waals surface area contributed by atoms with Gasteiger partial charge < -0.3 is 19.9 Å². The molecule has 1 aliphatic rings. The molecule has 2 heterocycles. The second-order valence-corrected chi connectivity index (χ2v) is 7.04. The third-order valence-corrected chi connectivity index (χ3v) is 4.86. The fourth-order valence-electron chi connectivity index (χ4n) is 3.31. The van der Waals surface area contributed by atoms with Crippen LogP contribution in [0.5, 0.6) is 0 Å². The van der Waals surface area contributed by atoms with Crippen molar-refractivity contribution in [1.29, 1.82) is 0 Å². The molecule has 0 amide bonds. The van der Waals surface area contributed by atoms with Gasteiger partial charge in [-0.25, -0.2) is 0 Å². The van der Waals surface area contributed by atoms with Gasteiger partial charge in [0, 0.05) is 61.3 Å². The van der Waals surface area contributed by atoms with Crippen molar-refractivity contribution in [2.75, 3.05) is 39.9 Å². The lowest BCUT2D eigenvalue weighted by Gasteiger charge is -2.24. The second-order valence-electron chi connectivity index (χ2n) is 6.60. The first-order valence-corrected chi connectivity index (χ1v) is 9.38. The van der Waals surface area contributed by atoms with Gasteiger partial charge >= 0.3 is 0 Å². The maximum absolute atomic E-state index is 6.13. The van der Waals surface area contributed by atoms with Gasteiger partial charge in [-0.05, 0) is 43.5 Å². The van der Waals surface area contributed by atoms with Crippen molar-refractivity contribution in [3.8, 4) is 0 Å². The van der Waals surface area contributed by atoms with E-state index in [1.807, 2.05) is 18.2 Å². The lowest BCUT2D eigenvalue weighted by molar-refractivity contribution is 0.181. The molecule has 5 nitrogen and oxygen atoms in total. The summed E-state index contributed by atoms with van der Waals surface area (Å²) in [4.78, 5) is 10.3. The minimum atomic E-state index is 0.601. The van der Waals surface area contributed by atoms with E-state index in [0.717, 1.165) is 62.2 Å². The number of H-pyrrole nitrogens is 1. The molecule has 1 aliphatic heterocycles. The standard InChI is InChI=1S/C19H27ClN4O/c1-3-21-19(24(2)12-14-7-9-25-13-14)22-8-6-15-11-23-18-5-4-16(20)10-17(15)18/h4-5,10-11,14,23H,3,6-9,12-13H2,1-2H3,(H,21,22). The van der Waals surface area contributed by atoms with E-state index in [2.05, 4.69) is 35.4 Å². The van der Waals surface area contributed by atoms with Crippen molar-refractivity contribution in [1.82, 2.24) is 15.2 Å². The number of rotatable bonds is 6. The number of fused-ring (bicyclic) bond motifs is 1. The SMILES string of the molecule is CCNC(=NCCc1c[nH]c2ccc(Cl)cc12)N(C)CC1CCOC1. The van der Waals surface area contributed by atoms with Crippen LogP contribution in [0.3, 0.4) is 0 Å². The molecule has 0 saturated carbocycles. The predicted octanol–water partition coefficient (Wildman–Crippen LogP) is 3.30. The van der Waals surface area contributed by atoms with E-state index in [9.17, 15) is 0 Å². The topological polar surface area (TPSA) is 52.7 Å². The van der Waals surface area contributed by atoms with E-state index in [0.29, 0.717) is 5.92 Å². The zero-order valence-corrected chi connectivity index (χ0v) is 15.8. The number of halogens is 1. The fraction of sp³-hybridized carbons (Fsp3) is 0.526. The minimum Gasteiger partial charge on any atom is -0.381 e. The molecule has 2 aromatic rings. The predicted molar refractivity (Wildman–Crippen MR) is 105 cm³/mol. The van der Waals surface area contributed by atoms with E-state index >= 15 is 0 Å². The first-order valence-electron chi connectivity index (χ1n) is 9.00. The van der Waals surface area contributed by atoms with Gasteiger partial charge in [-0.1, -0.05) is 11.6 Å². The van der Waals surface area contributed by atoms with Crippen LogP contribution < -0.4 is 5.32 Å². The Balaban J connectivity index is 1.63. The van der Waals surface area contributed by atoms with E-state index in [-0.39, 0.29) is 0 Å². The van der Waals surface area contributed by atoms with Crippen LogP contribution >= 0.6 is 11.6 Å². The van der Waals surface area contributed by atoms with Crippen molar-refractivity contribution in [3.05, 3.63) is 35.0 Å². The van der Waals surface area contributed by atoms with Crippen molar-refractivity contribution in [2.24, 2.45) is 10.9 Å². The van der Waals surface area contributed by atoms with E-state index in [4.69, 9.17) is 21.3 Å². The first kappa shape index (κ1) is 18.1. The summed E-state index contributed by atoms with van der Waals surface area (Å²) in [6.45, 7) is 6.44. The zero-order valence-electron chi connectivity index (χ0n) is 15.0. The summed E-state index contributed by atoms with van der Waals surface area (Å²) in [5.41, 5.74) is 2.37. The third kappa shape index (κ3) is 4.67. The molecule has 0 bridgehead atoms. The van der Waals surface area contributed by atoms with Crippen molar-refractivity contribution in [3.63, 3.8) is 0 Å². The zero-order chi connectivity index (χ0) is 17.6. The van der Waals surface area contributed by atoms with Crippen molar-refractivity contribution >= 4 is 28.5 Å². The lowest BCUT2D eigenvalue weighted by atomic mass is 10.1. The molecule has 1 aromatic carbocycles. The number of benzene rings is 1. The van der Waals surface area contributed by atoms with Gasteiger partial charge in [0.15, 0.2) is 5.96 Å². The molecule has 0 spiro atoms. The van der Waals surface area contributed by atoms with Gasteiger partial charge in [0.2, 0.25) is 0 Å². The van der Waals surface area contributed by atoms with Gasteiger partial charge in [-0.15, -0.1) is 0 Å². The average Bonchev–Trinajstić information content (AvgIpc) is 3.24. The fourth-order valence-corrected chi connectivity index (χ4v) is 3.48. The number of nitrogens with one attached hydrogen (secondary N) is 2. The van der Waals surface area contributed by atoms with Gasteiger partial charge in [-0.2, -0.15) is 0 Å². The Labute approximate surface area is 154 Å². The number of guanidine groups is 1. The lowest BCUT2D eigenvalue weighted by Crippen LogP contribution is -2.41. The summed E-state index contributed by atoms with van der Waals surface area (Å²) in [5.74, 6) is 1.57. The maximum atomic E-state index is 6.13. The monoisotopic (exact) mass is 362 g/mol. The Hall–Kier alpha value is -1.72. The summed E-state index contributed by atoms with van der Waals surface area (Å²) in [6, 6.07) is 5.95.